The summed E-state index contributed by atoms with van der Waals surface area (Å²) < 4.78 is 10.8. The number of methoxy groups -OCH3 is 2. The zero-order valence-electron chi connectivity index (χ0n) is 15.0. The van der Waals surface area contributed by atoms with Crippen LogP contribution in [0.2, 0.25) is 0 Å². The van der Waals surface area contributed by atoms with Crippen molar-refractivity contribution in [1.82, 2.24) is 4.98 Å². The van der Waals surface area contributed by atoms with E-state index >= 15 is 0 Å². The van der Waals surface area contributed by atoms with Gasteiger partial charge in [-0.3, -0.25) is 0 Å². The van der Waals surface area contributed by atoms with Crippen molar-refractivity contribution in [3.8, 4) is 33.9 Å². The van der Waals surface area contributed by atoms with Crippen LogP contribution < -0.4 is 9.47 Å². The number of benzene rings is 3. The Morgan fingerprint density at radius 2 is 1.59 bits per heavy atom. The molecule has 0 spiro atoms. The molecule has 4 rings (SSSR count). The van der Waals surface area contributed by atoms with Crippen LogP contribution in [-0.2, 0) is 20.1 Å². The summed E-state index contributed by atoms with van der Waals surface area (Å²) in [5.41, 5.74) is 4.03. The maximum Gasteiger partial charge on any atom is 0.161 e. The number of ether oxygens (including phenoxy) is 2. The van der Waals surface area contributed by atoms with E-state index in [0.29, 0.717) is 5.75 Å². The molecule has 3 nitrogen and oxygen atoms in total. The Labute approximate surface area is 172 Å². The van der Waals surface area contributed by atoms with E-state index in [0.717, 1.165) is 33.5 Å². The van der Waals surface area contributed by atoms with E-state index < -0.39 is 0 Å². The minimum absolute atomic E-state index is 0. The molecule has 1 radical (unpaired) electrons. The first-order valence-corrected chi connectivity index (χ1v) is 8.38. The van der Waals surface area contributed by atoms with Crippen LogP contribution in [0.1, 0.15) is 0 Å². The van der Waals surface area contributed by atoms with Gasteiger partial charge in [-0.1, -0.05) is 30.3 Å². The maximum atomic E-state index is 5.43. The Kier molecular flexibility index (Phi) is 5.90. The Hall–Kier alpha value is -2.68. The van der Waals surface area contributed by atoms with Gasteiger partial charge in [0, 0.05) is 26.3 Å². The van der Waals surface area contributed by atoms with Gasteiger partial charge in [-0.2, -0.15) is 0 Å². The van der Waals surface area contributed by atoms with Gasteiger partial charge in [0.2, 0.25) is 0 Å². The first-order chi connectivity index (χ1) is 12.8. The molecule has 3 aromatic carbocycles. The number of pyridine rings is 1. The molecule has 0 N–H and O–H groups in total. The summed E-state index contributed by atoms with van der Waals surface area (Å²) in [5, 5.41) is 2.29. The van der Waals surface area contributed by atoms with Gasteiger partial charge in [0.15, 0.2) is 11.5 Å². The van der Waals surface area contributed by atoms with E-state index in [9.17, 15) is 0 Å². The Morgan fingerprint density at radius 3 is 2.41 bits per heavy atom. The van der Waals surface area contributed by atoms with Crippen LogP contribution in [-0.4, -0.2) is 19.2 Å². The third-order valence-corrected chi connectivity index (χ3v) is 4.45. The molecule has 0 aliphatic heterocycles. The summed E-state index contributed by atoms with van der Waals surface area (Å²) in [6.45, 7) is 0. The molecule has 0 aliphatic carbocycles. The summed E-state index contributed by atoms with van der Waals surface area (Å²) in [6, 6.07) is 25.6. The SMILES string of the molecule is COc1ccc(-c2cc[c-]c(-c3nccc4ccccc34)c2)cc1OC.[Ir]. The van der Waals surface area contributed by atoms with E-state index in [1.165, 1.54) is 5.39 Å². The number of hydrogen-bond acceptors (Lipinski definition) is 3. The van der Waals surface area contributed by atoms with Gasteiger partial charge in [-0.15, -0.1) is 35.4 Å². The maximum absolute atomic E-state index is 5.43. The molecule has 0 saturated heterocycles. The second-order valence-corrected chi connectivity index (χ2v) is 5.94. The fraction of sp³-hybridized carbons (Fsp3) is 0.0870. The molecule has 137 valence electrons. The molecule has 0 bridgehead atoms. The summed E-state index contributed by atoms with van der Waals surface area (Å²) in [4.78, 5) is 4.60. The van der Waals surface area contributed by atoms with Crippen molar-refractivity contribution in [2.45, 2.75) is 0 Å². The van der Waals surface area contributed by atoms with E-state index in [4.69, 9.17) is 9.47 Å². The predicted molar refractivity (Wildman–Crippen MR) is 105 cm³/mol. The quantitative estimate of drug-likeness (QED) is 0.331. The summed E-state index contributed by atoms with van der Waals surface area (Å²) in [7, 11) is 3.28. The summed E-state index contributed by atoms with van der Waals surface area (Å²) in [6.07, 6.45) is 1.84. The van der Waals surface area contributed by atoms with Crippen molar-refractivity contribution in [1.29, 1.82) is 0 Å². The third kappa shape index (κ3) is 3.73. The van der Waals surface area contributed by atoms with Crippen LogP contribution in [0, 0.1) is 6.07 Å². The van der Waals surface area contributed by atoms with Gasteiger partial charge in [-0.25, -0.2) is 0 Å². The van der Waals surface area contributed by atoms with Crippen LogP contribution in [0.5, 0.6) is 11.5 Å². The molecule has 4 heteroatoms. The van der Waals surface area contributed by atoms with E-state index in [1.54, 1.807) is 14.2 Å². The minimum atomic E-state index is 0. The zero-order chi connectivity index (χ0) is 17.9. The molecule has 0 saturated carbocycles. The van der Waals surface area contributed by atoms with Crippen LogP contribution in [0.15, 0.2) is 72.9 Å². The first kappa shape index (κ1) is 19.1. The van der Waals surface area contributed by atoms with Crippen molar-refractivity contribution < 1.29 is 29.6 Å². The van der Waals surface area contributed by atoms with Gasteiger partial charge >= 0.3 is 0 Å². The van der Waals surface area contributed by atoms with Crippen LogP contribution in [0.4, 0.5) is 0 Å². The van der Waals surface area contributed by atoms with E-state index in [2.05, 4.69) is 29.2 Å². The third-order valence-electron chi connectivity index (χ3n) is 4.45. The minimum Gasteiger partial charge on any atom is -0.493 e. The fourth-order valence-corrected chi connectivity index (χ4v) is 3.13. The average molecular weight is 533 g/mol. The molecule has 0 unspecified atom stereocenters. The van der Waals surface area contributed by atoms with Crippen molar-refractivity contribution in [2.75, 3.05) is 14.2 Å². The standard InChI is InChI=1S/C23H18NO2.Ir/c1-25-21-11-10-18(15-22(21)26-2)17-7-5-8-19(14-17)23-20-9-4-3-6-16(20)12-13-24-23;/h3-7,9-15H,1-2H3;/q-1;. The summed E-state index contributed by atoms with van der Waals surface area (Å²) >= 11 is 0. The molecule has 27 heavy (non-hydrogen) atoms. The van der Waals surface area contributed by atoms with Gasteiger partial charge in [0.1, 0.15) is 0 Å². The molecular formula is C23H18IrNO2-. The van der Waals surface area contributed by atoms with Crippen molar-refractivity contribution in [3.05, 3.63) is 79.0 Å². The molecular weight excluding hydrogens is 514 g/mol. The molecule has 0 atom stereocenters. The second-order valence-electron chi connectivity index (χ2n) is 5.94. The molecule has 0 fully saturated rings. The summed E-state index contributed by atoms with van der Waals surface area (Å²) in [5.74, 6) is 1.43. The van der Waals surface area contributed by atoms with Crippen molar-refractivity contribution in [2.24, 2.45) is 0 Å². The van der Waals surface area contributed by atoms with Gasteiger partial charge < -0.3 is 14.5 Å². The normalized spacial score (nSPS) is 10.3. The number of hydrogen-bond donors (Lipinski definition) is 0. The monoisotopic (exact) mass is 533 g/mol. The molecule has 1 heterocycles. The molecule has 1 aromatic heterocycles. The zero-order valence-corrected chi connectivity index (χ0v) is 17.4. The Bertz CT molecular complexity index is 1070. The van der Waals surface area contributed by atoms with Gasteiger partial charge in [-0.05, 0) is 40.2 Å². The topological polar surface area (TPSA) is 31.4 Å². The van der Waals surface area contributed by atoms with Crippen LogP contribution in [0.25, 0.3) is 33.2 Å². The van der Waals surface area contributed by atoms with Gasteiger partial charge in [0.25, 0.3) is 0 Å². The second kappa shape index (κ2) is 8.34. The molecule has 0 aliphatic rings. The van der Waals surface area contributed by atoms with E-state index in [-0.39, 0.29) is 20.1 Å². The number of fused-ring (bicyclic) bond motifs is 1. The molecule has 0 amide bonds. The van der Waals surface area contributed by atoms with Gasteiger partial charge in [0.05, 0.1) is 14.2 Å². The fourth-order valence-electron chi connectivity index (χ4n) is 3.13. The van der Waals surface area contributed by atoms with E-state index in [1.807, 2.05) is 54.7 Å². The first-order valence-electron chi connectivity index (χ1n) is 8.38. The number of rotatable bonds is 4. The number of nitrogens with zero attached hydrogens (tertiary/aromatic N) is 1. The predicted octanol–water partition coefficient (Wildman–Crippen LogP) is 5.38. The average Bonchev–Trinajstić information content (AvgIpc) is 2.73. The Morgan fingerprint density at radius 1 is 0.815 bits per heavy atom. The smallest absolute Gasteiger partial charge is 0.161 e. The largest absolute Gasteiger partial charge is 0.493 e. The van der Waals surface area contributed by atoms with Crippen LogP contribution >= 0.6 is 0 Å². The Balaban J connectivity index is 0.00000210. The van der Waals surface area contributed by atoms with Crippen molar-refractivity contribution in [3.63, 3.8) is 0 Å². The molecule has 4 aromatic rings. The number of aromatic nitrogens is 1. The van der Waals surface area contributed by atoms with Crippen LogP contribution in [0.3, 0.4) is 0 Å². The van der Waals surface area contributed by atoms with Crippen molar-refractivity contribution >= 4 is 10.8 Å².